The lowest BCUT2D eigenvalue weighted by molar-refractivity contribution is 0.101. The highest BCUT2D eigenvalue weighted by Crippen LogP contribution is 2.45. The van der Waals surface area contributed by atoms with Crippen molar-refractivity contribution in [2.24, 2.45) is 0 Å². The Balaban J connectivity index is 2.19. The minimum absolute atomic E-state index is 0.116. The molecule has 0 N–H and O–H groups in total. The van der Waals surface area contributed by atoms with Gasteiger partial charge in [0.15, 0.2) is 5.78 Å². The van der Waals surface area contributed by atoms with Gasteiger partial charge in [0, 0.05) is 16.9 Å². The molecule has 0 radical (unpaired) electrons. The number of carbonyl (C=O) groups is 1. The fourth-order valence-electron chi connectivity index (χ4n) is 1.47. The third-order valence-electron chi connectivity index (χ3n) is 2.46. The van der Waals surface area contributed by atoms with Crippen LogP contribution in [0.5, 0.6) is 0 Å². The second-order valence-corrected chi connectivity index (χ2v) is 4.10. The van der Waals surface area contributed by atoms with Crippen molar-refractivity contribution in [3.05, 3.63) is 35.4 Å². The molecule has 1 aromatic rings. The van der Waals surface area contributed by atoms with Crippen LogP contribution in [0.2, 0.25) is 0 Å². The van der Waals surface area contributed by atoms with Crippen molar-refractivity contribution in [2.75, 3.05) is 0 Å². The molecule has 1 fully saturated rings. The highest BCUT2D eigenvalue weighted by molar-refractivity contribution is 6.23. The van der Waals surface area contributed by atoms with E-state index in [9.17, 15) is 4.79 Å². The first-order valence-electron chi connectivity index (χ1n) is 4.43. The molecule has 0 aromatic heterocycles. The lowest BCUT2D eigenvalue weighted by Crippen LogP contribution is -1.91. The maximum absolute atomic E-state index is 11.0. The zero-order valence-electron chi connectivity index (χ0n) is 7.46. The van der Waals surface area contributed by atoms with E-state index in [4.69, 9.17) is 11.6 Å². The molecule has 2 atom stereocenters. The molecule has 0 saturated heterocycles. The van der Waals surface area contributed by atoms with Crippen LogP contribution in [-0.2, 0) is 0 Å². The zero-order chi connectivity index (χ0) is 9.42. The summed E-state index contributed by atoms with van der Waals surface area (Å²) in [6, 6.07) is 7.76. The summed E-state index contributed by atoms with van der Waals surface area (Å²) in [7, 11) is 0. The quantitative estimate of drug-likeness (QED) is 0.523. The molecule has 1 aliphatic carbocycles. The van der Waals surface area contributed by atoms with Crippen molar-refractivity contribution in [3.63, 3.8) is 0 Å². The van der Waals surface area contributed by atoms with E-state index in [0.717, 1.165) is 12.0 Å². The van der Waals surface area contributed by atoms with Crippen molar-refractivity contribution in [1.29, 1.82) is 0 Å². The Labute approximate surface area is 82.7 Å². The molecule has 1 saturated carbocycles. The molecule has 68 valence electrons. The standard InChI is InChI=1S/C11H11ClO/c1-7(13)8-2-4-9(5-3-8)10-6-11(10)12/h2-5,10-11H,6H2,1H3/t10-,11-/m0/s1. The van der Waals surface area contributed by atoms with Crippen molar-refractivity contribution in [3.8, 4) is 0 Å². The number of Topliss-reactive ketones (excluding diaryl/α,β-unsaturated/α-hetero) is 1. The summed E-state index contributed by atoms with van der Waals surface area (Å²) in [5, 5.41) is 0.308. The summed E-state index contributed by atoms with van der Waals surface area (Å²) < 4.78 is 0. The van der Waals surface area contributed by atoms with Gasteiger partial charge in [-0.1, -0.05) is 24.3 Å². The Morgan fingerprint density at radius 3 is 2.31 bits per heavy atom. The van der Waals surface area contributed by atoms with Crippen molar-refractivity contribution < 1.29 is 4.79 Å². The van der Waals surface area contributed by atoms with E-state index in [1.165, 1.54) is 5.56 Å². The van der Waals surface area contributed by atoms with E-state index >= 15 is 0 Å². The Kier molecular flexibility index (Phi) is 2.12. The van der Waals surface area contributed by atoms with Crippen LogP contribution in [-0.4, -0.2) is 11.2 Å². The third kappa shape index (κ3) is 1.75. The van der Waals surface area contributed by atoms with Gasteiger partial charge in [-0.25, -0.2) is 0 Å². The molecule has 1 nitrogen and oxygen atoms in total. The minimum Gasteiger partial charge on any atom is -0.295 e. The topological polar surface area (TPSA) is 17.1 Å². The Bertz CT molecular complexity index is 328. The van der Waals surface area contributed by atoms with Gasteiger partial charge in [-0.2, -0.15) is 0 Å². The second kappa shape index (κ2) is 3.15. The lowest BCUT2D eigenvalue weighted by Gasteiger charge is -1.99. The molecular formula is C11H11ClO. The van der Waals surface area contributed by atoms with E-state index in [1.54, 1.807) is 6.92 Å². The molecule has 0 heterocycles. The van der Waals surface area contributed by atoms with Gasteiger partial charge in [0.05, 0.1) is 0 Å². The van der Waals surface area contributed by atoms with Crippen LogP contribution in [0.3, 0.4) is 0 Å². The summed E-state index contributed by atoms with van der Waals surface area (Å²) >= 11 is 5.92. The average molecular weight is 195 g/mol. The van der Waals surface area contributed by atoms with Gasteiger partial charge in [-0.05, 0) is 18.9 Å². The average Bonchev–Trinajstić information content (AvgIpc) is 2.83. The van der Waals surface area contributed by atoms with E-state index in [2.05, 4.69) is 0 Å². The lowest BCUT2D eigenvalue weighted by atomic mass is 10.1. The molecule has 1 aromatic carbocycles. The van der Waals surface area contributed by atoms with Gasteiger partial charge in [-0.15, -0.1) is 11.6 Å². The number of halogens is 1. The second-order valence-electron chi connectivity index (χ2n) is 3.54. The van der Waals surface area contributed by atoms with Gasteiger partial charge in [0.2, 0.25) is 0 Å². The third-order valence-corrected chi connectivity index (χ3v) is 2.94. The molecule has 0 unspecified atom stereocenters. The Hall–Kier alpha value is -0.820. The maximum Gasteiger partial charge on any atom is 0.159 e. The van der Waals surface area contributed by atoms with Crippen LogP contribution in [0, 0.1) is 0 Å². The van der Waals surface area contributed by atoms with Crippen LogP contribution < -0.4 is 0 Å². The van der Waals surface area contributed by atoms with Crippen LogP contribution >= 0.6 is 11.6 Å². The van der Waals surface area contributed by atoms with Crippen LogP contribution in [0.1, 0.15) is 35.2 Å². The van der Waals surface area contributed by atoms with Crippen molar-refractivity contribution >= 4 is 17.4 Å². The summed E-state index contributed by atoms with van der Waals surface area (Å²) in [4.78, 5) is 11.0. The molecule has 0 amide bonds. The fraction of sp³-hybridized carbons (Fsp3) is 0.364. The van der Waals surface area contributed by atoms with E-state index in [1.807, 2.05) is 24.3 Å². The van der Waals surface area contributed by atoms with Gasteiger partial charge < -0.3 is 0 Å². The largest absolute Gasteiger partial charge is 0.295 e. The van der Waals surface area contributed by atoms with E-state index < -0.39 is 0 Å². The maximum atomic E-state index is 11.0. The molecule has 0 bridgehead atoms. The highest BCUT2D eigenvalue weighted by atomic mass is 35.5. The number of alkyl halides is 1. The van der Waals surface area contributed by atoms with Gasteiger partial charge in [0.1, 0.15) is 0 Å². The van der Waals surface area contributed by atoms with Gasteiger partial charge in [-0.3, -0.25) is 4.79 Å². The number of rotatable bonds is 2. The Morgan fingerprint density at radius 1 is 1.38 bits per heavy atom. The summed E-state index contributed by atoms with van der Waals surface area (Å²) in [6.45, 7) is 1.58. The summed E-state index contributed by atoms with van der Waals surface area (Å²) in [5.41, 5.74) is 2.03. The molecular weight excluding hydrogens is 184 g/mol. The molecule has 0 spiro atoms. The molecule has 2 heteroatoms. The number of carbonyl (C=O) groups excluding carboxylic acids is 1. The number of benzene rings is 1. The first-order valence-corrected chi connectivity index (χ1v) is 4.87. The van der Waals surface area contributed by atoms with E-state index in [0.29, 0.717) is 11.3 Å². The van der Waals surface area contributed by atoms with Crippen molar-refractivity contribution in [2.45, 2.75) is 24.6 Å². The number of hydrogen-bond donors (Lipinski definition) is 0. The smallest absolute Gasteiger partial charge is 0.159 e. The van der Waals surface area contributed by atoms with E-state index in [-0.39, 0.29) is 5.78 Å². The monoisotopic (exact) mass is 194 g/mol. The van der Waals surface area contributed by atoms with Crippen LogP contribution in [0.15, 0.2) is 24.3 Å². The van der Waals surface area contributed by atoms with Gasteiger partial charge >= 0.3 is 0 Å². The van der Waals surface area contributed by atoms with Crippen molar-refractivity contribution in [1.82, 2.24) is 0 Å². The summed E-state index contributed by atoms with van der Waals surface area (Å²) in [5.74, 6) is 0.632. The number of hydrogen-bond acceptors (Lipinski definition) is 1. The normalized spacial score (nSPS) is 25.7. The summed E-state index contributed by atoms with van der Waals surface area (Å²) in [6.07, 6.45) is 1.07. The highest BCUT2D eigenvalue weighted by Gasteiger charge is 2.36. The van der Waals surface area contributed by atoms with Crippen LogP contribution in [0.4, 0.5) is 0 Å². The molecule has 1 aliphatic rings. The minimum atomic E-state index is 0.116. The molecule has 0 aliphatic heterocycles. The Morgan fingerprint density at radius 2 is 1.92 bits per heavy atom. The van der Waals surface area contributed by atoms with Crippen LogP contribution in [0.25, 0.3) is 0 Å². The SMILES string of the molecule is CC(=O)c1ccc([C@@H]2C[C@@H]2Cl)cc1. The molecule has 13 heavy (non-hydrogen) atoms. The first kappa shape index (κ1) is 8.76. The molecule has 2 rings (SSSR count). The zero-order valence-corrected chi connectivity index (χ0v) is 8.21. The predicted molar refractivity (Wildman–Crippen MR) is 53.4 cm³/mol. The fourth-order valence-corrected chi connectivity index (χ4v) is 1.81. The number of ketones is 1. The van der Waals surface area contributed by atoms with Gasteiger partial charge in [0.25, 0.3) is 0 Å². The first-order chi connectivity index (χ1) is 6.18. The predicted octanol–water partition coefficient (Wildman–Crippen LogP) is 2.98.